The normalized spacial score (nSPS) is 15.1. The summed E-state index contributed by atoms with van der Waals surface area (Å²) in [6, 6.07) is 0. The molecule has 0 rings (SSSR count). The van der Waals surface area contributed by atoms with E-state index in [1.54, 1.807) is 0 Å². The molecule has 0 amide bonds. The maximum atomic E-state index is 11.8. The lowest BCUT2D eigenvalue weighted by Gasteiger charge is -2.16. The Morgan fingerprint density at radius 1 is 1.57 bits per heavy atom. The van der Waals surface area contributed by atoms with Gasteiger partial charge in [0.2, 0.25) is 0 Å². The molecule has 6 heteroatoms. The second kappa shape index (κ2) is 5.64. The third-order valence-corrected chi connectivity index (χ3v) is 1.48. The Morgan fingerprint density at radius 3 is 2.50 bits per heavy atom. The van der Waals surface area contributed by atoms with Crippen molar-refractivity contribution in [3.8, 4) is 0 Å². The van der Waals surface area contributed by atoms with Gasteiger partial charge in [0.05, 0.1) is 6.10 Å². The first-order valence-corrected chi connectivity index (χ1v) is 3.99. The Morgan fingerprint density at radius 2 is 2.14 bits per heavy atom. The summed E-state index contributed by atoms with van der Waals surface area (Å²) < 4.78 is 35.3. The fourth-order valence-corrected chi connectivity index (χ4v) is 0.833. The van der Waals surface area contributed by atoms with Gasteiger partial charge in [-0.15, -0.1) is 0 Å². The largest absolute Gasteiger partial charge is 0.405 e. The molecule has 0 heterocycles. The SMILES string of the molecule is C/C=C(\NCC(F)(F)F)C(O)CC=O. The Labute approximate surface area is 79.6 Å². The summed E-state index contributed by atoms with van der Waals surface area (Å²) in [6.07, 6.45) is -4.00. The number of allylic oxidation sites excluding steroid dienone is 1. The van der Waals surface area contributed by atoms with Crippen LogP contribution < -0.4 is 5.32 Å². The van der Waals surface area contributed by atoms with Crippen molar-refractivity contribution in [3.05, 3.63) is 11.8 Å². The summed E-state index contributed by atoms with van der Waals surface area (Å²) in [5.41, 5.74) is 0.00873. The van der Waals surface area contributed by atoms with Crippen molar-refractivity contribution in [1.29, 1.82) is 0 Å². The van der Waals surface area contributed by atoms with Gasteiger partial charge >= 0.3 is 6.18 Å². The number of rotatable bonds is 5. The minimum absolute atomic E-state index is 0.00873. The quantitative estimate of drug-likeness (QED) is 0.667. The number of hydrogen-bond acceptors (Lipinski definition) is 3. The van der Waals surface area contributed by atoms with Crippen molar-refractivity contribution in [2.45, 2.75) is 25.6 Å². The molecule has 0 radical (unpaired) electrons. The molecule has 1 atom stereocenters. The molecule has 0 aromatic carbocycles. The van der Waals surface area contributed by atoms with E-state index in [1.165, 1.54) is 13.0 Å². The molecule has 2 N–H and O–H groups in total. The predicted octanol–water partition coefficient (Wildman–Crippen LogP) is 0.992. The van der Waals surface area contributed by atoms with Crippen LogP contribution in [0.4, 0.5) is 13.2 Å². The van der Waals surface area contributed by atoms with Crippen LogP contribution in [0.25, 0.3) is 0 Å². The van der Waals surface area contributed by atoms with Crippen LogP contribution in [-0.4, -0.2) is 30.2 Å². The van der Waals surface area contributed by atoms with E-state index in [1.807, 2.05) is 5.32 Å². The molecule has 0 aliphatic heterocycles. The summed E-state index contributed by atoms with van der Waals surface area (Å²) in [5.74, 6) is 0. The molecule has 0 saturated heterocycles. The predicted molar refractivity (Wildman–Crippen MR) is 44.5 cm³/mol. The number of aliphatic hydroxyl groups is 1. The van der Waals surface area contributed by atoms with E-state index in [9.17, 15) is 23.1 Å². The van der Waals surface area contributed by atoms with Crippen molar-refractivity contribution in [2.24, 2.45) is 0 Å². The van der Waals surface area contributed by atoms with Crippen molar-refractivity contribution in [3.63, 3.8) is 0 Å². The second-order valence-electron chi connectivity index (χ2n) is 2.63. The summed E-state index contributed by atoms with van der Waals surface area (Å²) in [5, 5.41) is 11.2. The summed E-state index contributed by atoms with van der Waals surface area (Å²) in [7, 11) is 0. The topological polar surface area (TPSA) is 49.3 Å². The summed E-state index contributed by atoms with van der Waals surface area (Å²) in [6.45, 7) is 0.259. The van der Waals surface area contributed by atoms with E-state index in [4.69, 9.17) is 0 Å². The lowest BCUT2D eigenvalue weighted by atomic mass is 10.2. The van der Waals surface area contributed by atoms with E-state index in [2.05, 4.69) is 0 Å². The Hall–Kier alpha value is -1.04. The van der Waals surface area contributed by atoms with Crippen LogP contribution in [0.2, 0.25) is 0 Å². The average molecular weight is 211 g/mol. The minimum atomic E-state index is -4.34. The van der Waals surface area contributed by atoms with Crippen molar-refractivity contribution >= 4 is 6.29 Å². The highest BCUT2D eigenvalue weighted by molar-refractivity contribution is 5.51. The minimum Gasteiger partial charge on any atom is -0.386 e. The third-order valence-electron chi connectivity index (χ3n) is 1.48. The van der Waals surface area contributed by atoms with Gasteiger partial charge in [-0.3, -0.25) is 0 Å². The molecule has 0 fully saturated rings. The van der Waals surface area contributed by atoms with Gasteiger partial charge in [0.25, 0.3) is 0 Å². The van der Waals surface area contributed by atoms with E-state index in [-0.39, 0.29) is 12.1 Å². The van der Waals surface area contributed by atoms with Crippen LogP contribution in [0.15, 0.2) is 11.8 Å². The van der Waals surface area contributed by atoms with Crippen LogP contribution in [0.5, 0.6) is 0 Å². The first-order chi connectivity index (χ1) is 6.40. The van der Waals surface area contributed by atoms with Crippen LogP contribution in [0.3, 0.4) is 0 Å². The molecule has 82 valence electrons. The molecule has 0 aliphatic rings. The standard InChI is InChI=1S/C8H12F3NO2/c1-2-6(7(14)3-4-13)12-5-8(9,10)11/h2,4,7,12,14H,3,5H2,1H3/b6-2-. The number of alkyl halides is 3. The highest BCUT2D eigenvalue weighted by atomic mass is 19.4. The van der Waals surface area contributed by atoms with Gasteiger partial charge < -0.3 is 15.2 Å². The van der Waals surface area contributed by atoms with Gasteiger partial charge in [0.1, 0.15) is 12.8 Å². The van der Waals surface area contributed by atoms with Crippen LogP contribution in [-0.2, 0) is 4.79 Å². The Kier molecular flexibility index (Phi) is 5.22. The highest BCUT2D eigenvalue weighted by Gasteiger charge is 2.27. The molecule has 0 aliphatic carbocycles. The summed E-state index contributed by atoms with van der Waals surface area (Å²) >= 11 is 0. The van der Waals surface area contributed by atoms with Crippen molar-refractivity contribution in [2.75, 3.05) is 6.54 Å². The molecule has 0 bridgehead atoms. The molecule has 0 spiro atoms. The molecule has 0 aromatic rings. The molecule has 1 unspecified atom stereocenters. The van der Waals surface area contributed by atoms with Gasteiger partial charge in [0.15, 0.2) is 0 Å². The molecular formula is C8H12F3NO2. The smallest absolute Gasteiger partial charge is 0.386 e. The fraction of sp³-hybridized carbons (Fsp3) is 0.625. The number of halogens is 3. The van der Waals surface area contributed by atoms with Crippen LogP contribution in [0.1, 0.15) is 13.3 Å². The Bertz CT molecular complexity index is 213. The van der Waals surface area contributed by atoms with Crippen molar-refractivity contribution in [1.82, 2.24) is 5.32 Å². The average Bonchev–Trinajstić information content (AvgIpc) is 2.03. The zero-order valence-corrected chi connectivity index (χ0v) is 7.64. The first-order valence-electron chi connectivity index (χ1n) is 3.99. The van der Waals surface area contributed by atoms with Gasteiger partial charge in [-0.2, -0.15) is 13.2 Å². The van der Waals surface area contributed by atoms with Gasteiger partial charge in [0, 0.05) is 12.1 Å². The first kappa shape index (κ1) is 13.0. The number of hydrogen-bond donors (Lipinski definition) is 2. The molecule has 0 aromatic heterocycles. The van der Waals surface area contributed by atoms with Crippen molar-refractivity contribution < 1.29 is 23.1 Å². The van der Waals surface area contributed by atoms with Gasteiger partial charge in [-0.25, -0.2) is 0 Å². The number of aldehydes is 1. The van der Waals surface area contributed by atoms with Gasteiger partial charge in [-0.05, 0) is 6.92 Å². The summed E-state index contributed by atoms with van der Waals surface area (Å²) in [4.78, 5) is 10.00. The molecular weight excluding hydrogens is 199 g/mol. The second-order valence-corrected chi connectivity index (χ2v) is 2.63. The lowest BCUT2D eigenvalue weighted by molar-refractivity contribution is -0.123. The fourth-order valence-electron chi connectivity index (χ4n) is 0.833. The highest BCUT2D eigenvalue weighted by Crippen LogP contribution is 2.14. The number of nitrogens with one attached hydrogen (secondary N) is 1. The van der Waals surface area contributed by atoms with Gasteiger partial charge in [-0.1, -0.05) is 6.08 Å². The Balaban J connectivity index is 4.11. The zero-order chi connectivity index (χ0) is 11.2. The van der Waals surface area contributed by atoms with E-state index >= 15 is 0 Å². The molecule has 14 heavy (non-hydrogen) atoms. The van der Waals surface area contributed by atoms with Crippen LogP contribution in [0, 0.1) is 0 Å². The number of carbonyl (C=O) groups is 1. The maximum Gasteiger partial charge on any atom is 0.405 e. The van der Waals surface area contributed by atoms with E-state index < -0.39 is 18.8 Å². The third kappa shape index (κ3) is 5.58. The van der Waals surface area contributed by atoms with Crippen LogP contribution >= 0.6 is 0 Å². The van der Waals surface area contributed by atoms with E-state index in [0.717, 1.165) is 0 Å². The number of aliphatic hydroxyl groups excluding tert-OH is 1. The zero-order valence-electron chi connectivity index (χ0n) is 7.64. The molecule has 0 saturated carbocycles. The number of carbonyl (C=O) groups excluding carboxylic acids is 1. The lowest BCUT2D eigenvalue weighted by Crippen LogP contribution is -2.32. The molecule has 3 nitrogen and oxygen atoms in total. The monoisotopic (exact) mass is 211 g/mol. The maximum absolute atomic E-state index is 11.8. The van der Waals surface area contributed by atoms with E-state index in [0.29, 0.717) is 6.29 Å².